The zero-order valence-electron chi connectivity index (χ0n) is 10.8. The highest BCUT2D eigenvalue weighted by Gasteiger charge is 2.17. The Balaban J connectivity index is 2.47. The summed E-state index contributed by atoms with van der Waals surface area (Å²) >= 11 is 0. The van der Waals surface area contributed by atoms with Gasteiger partial charge in [-0.2, -0.15) is 0 Å². The number of fused-ring (bicyclic) bond motifs is 1. The lowest BCUT2D eigenvalue weighted by Crippen LogP contribution is -2.32. The minimum atomic E-state index is -1.02. The fourth-order valence-corrected chi connectivity index (χ4v) is 2.07. The van der Waals surface area contributed by atoms with Crippen LogP contribution in [0.15, 0.2) is 18.3 Å². The van der Waals surface area contributed by atoms with Crippen molar-refractivity contribution >= 4 is 16.9 Å². The zero-order chi connectivity index (χ0) is 14.0. The molecule has 0 saturated carbocycles. The quantitative estimate of drug-likeness (QED) is 0.752. The summed E-state index contributed by atoms with van der Waals surface area (Å²) in [5, 5.41) is 9.74. The van der Waals surface area contributed by atoms with Crippen LogP contribution in [0.1, 0.15) is 5.56 Å². The van der Waals surface area contributed by atoms with Crippen LogP contribution in [0.25, 0.3) is 10.9 Å². The van der Waals surface area contributed by atoms with Crippen LogP contribution in [-0.4, -0.2) is 36.3 Å². The van der Waals surface area contributed by atoms with Gasteiger partial charge in [0, 0.05) is 18.0 Å². The molecule has 0 unspecified atom stereocenters. The van der Waals surface area contributed by atoms with E-state index >= 15 is 0 Å². The predicted octanol–water partition coefficient (Wildman–Crippen LogP) is 1.14. The Kier molecular flexibility index (Phi) is 3.62. The van der Waals surface area contributed by atoms with E-state index in [1.54, 1.807) is 26.5 Å². The Labute approximate surface area is 110 Å². The third-order valence-corrected chi connectivity index (χ3v) is 3.04. The normalized spacial score (nSPS) is 12.4. The summed E-state index contributed by atoms with van der Waals surface area (Å²) in [5.74, 6) is 0.191. The maximum atomic E-state index is 10.8. The van der Waals surface area contributed by atoms with Crippen LogP contribution in [0.2, 0.25) is 0 Å². The highest BCUT2D eigenvalue weighted by molar-refractivity contribution is 5.91. The highest BCUT2D eigenvalue weighted by Crippen LogP contribution is 2.36. The molecule has 1 heterocycles. The van der Waals surface area contributed by atoms with Gasteiger partial charge < -0.3 is 25.3 Å². The summed E-state index contributed by atoms with van der Waals surface area (Å²) in [7, 11) is 3.12. The van der Waals surface area contributed by atoms with Crippen LogP contribution >= 0.6 is 0 Å². The maximum Gasteiger partial charge on any atom is 0.320 e. The number of nitrogens with one attached hydrogen (secondary N) is 1. The van der Waals surface area contributed by atoms with Crippen molar-refractivity contribution in [1.29, 1.82) is 0 Å². The fourth-order valence-electron chi connectivity index (χ4n) is 2.07. The van der Waals surface area contributed by atoms with Crippen molar-refractivity contribution in [3.05, 3.63) is 23.9 Å². The molecule has 4 N–H and O–H groups in total. The van der Waals surface area contributed by atoms with Gasteiger partial charge >= 0.3 is 5.97 Å². The molecule has 2 rings (SSSR count). The average molecular weight is 264 g/mol. The average Bonchev–Trinajstić information content (AvgIpc) is 2.80. The molecule has 6 heteroatoms. The van der Waals surface area contributed by atoms with Gasteiger partial charge in [0.05, 0.1) is 19.7 Å². The van der Waals surface area contributed by atoms with Crippen LogP contribution in [0.5, 0.6) is 11.5 Å². The second-order valence-electron chi connectivity index (χ2n) is 4.19. The number of carboxylic acids is 1. The van der Waals surface area contributed by atoms with Crippen LogP contribution in [0.4, 0.5) is 0 Å². The van der Waals surface area contributed by atoms with E-state index in [9.17, 15) is 4.79 Å². The van der Waals surface area contributed by atoms with E-state index < -0.39 is 12.0 Å². The van der Waals surface area contributed by atoms with E-state index in [1.807, 2.05) is 6.07 Å². The monoisotopic (exact) mass is 264 g/mol. The van der Waals surface area contributed by atoms with Gasteiger partial charge in [-0.05, 0) is 17.7 Å². The number of carboxylic acid groups (broad SMARTS) is 1. The fraction of sp³-hybridized carbons (Fsp3) is 0.308. The van der Waals surface area contributed by atoms with Crippen molar-refractivity contribution in [1.82, 2.24) is 4.98 Å². The molecule has 0 fully saturated rings. The van der Waals surface area contributed by atoms with E-state index in [1.165, 1.54) is 0 Å². The molecule has 102 valence electrons. The molecule has 0 aliphatic carbocycles. The number of aromatic nitrogens is 1. The molecule has 0 bridgehead atoms. The van der Waals surface area contributed by atoms with Crippen LogP contribution < -0.4 is 15.2 Å². The Morgan fingerprint density at radius 2 is 2.16 bits per heavy atom. The first-order valence-electron chi connectivity index (χ1n) is 5.77. The van der Waals surface area contributed by atoms with Gasteiger partial charge in [-0.3, -0.25) is 4.79 Å². The van der Waals surface area contributed by atoms with Crippen molar-refractivity contribution in [2.24, 2.45) is 5.73 Å². The summed E-state index contributed by atoms with van der Waals surface area (Å²) in [6.45, 7) is 0. The molecule has 1 atom stereocenters. The van der Waals surface area contributed by atoms with Crippen LogP contribution in [0, 0.1) is 0 Å². The van der Waals surface area contributed by atoms with Crippen molar-refractivity contribution in [3.8, 4) is 11.5 Å². The molecule has 1 aromatic heterocycles. The van der Waals surface area contributed by atoms with E-state index in [0.29, 0.717) is 11.5 Å². The van der Waals surface area contributed by atoms with Gasteiger partial charge in [0.15, 0.2) is 11.5 Å². The molecule has 2 aromatic rings. The Bertz CT molecular complexity index is 606. The second kappa shape index (κ2) is 5.19. The first-order chi connectivity index (χ1) is 9.08. The second-order valence-corrected chi connectivity index (χ2v) is 4.19. The van der Waals surface area contributed by atoms with Crippen molar-refractivity contribution in [3.63, 3.8) is 0 Å². The zero-order valence-corrected chi connectivity index (χ0v) is 10.8. The number of hydrogen-bond acceptors (Lipinski definition) is 4. The lowest BCUT2D eigenvalue weighted by atomic mass is 10.1. The summed E-state index contributed by atoms with van der Waals surface area (Å²) in [4.78, 5) is 13.9. The molecule has 19 heavy (non-hydrogen) atoms. The van der Waals surface area contributed by atoms with Crippen LogP contribution in [0.3, 0.4) is 0 Å². The summed E-state index contributed by atoms with van der Waals surface area (Å²) in [5.41, 5.74) is 7.17. The highest BCUT2D eigenvalue weighted by atomic mass is 16.5. The van der Waals surface area contributed by atoms with Gasteiger partial charge in [0.25, 0.3) is 0 Å². The number of methoxy groups -OCH3 is 2. The van der Waals surface area contributed by atoms with Gasteiger partial charge in [-0.25, -0.2) is 0 Å². The summed E-state index contributed by atoms with van der Waals surface area (Å²) < 4.78 is 10.5. The van der Waals surface area contributed by atoms with E-state index in [-0.39, 0.29) is 6.42 Å². The summed E-state index contributed by atoms with van der Waals surface area (Å²) in [6.07, 6.45) is 2.00. The number of aromatic amines is 1. The standard InChI is InChI=1S/C13H16N2O4/c1-18-10-4-3-8-7(5-9(14)13(16)17)6-15-11(8)12(10)19-2/h3-4,6,9,15H,5,14H2,1-2H3,(H,16,17)/t9-/m0/s1. The van der Waals surface area contributed by atoms with Crippen LogP contribution in [-0.2, 0) is 11.2 Å². The number of carbonyl (C=O) groups is 1. The first-order valence-corrected chi connectivity index (χ1v) is 5.77. The lowest BCUT2D eigenvalue weighted by Gasteiger charge is -2.09. The predicted molar refractivity (Wildman–Crippen MR) is 70.7 cm³/mol. The molecule has 0 aliphatic heterocycles. The minimum absolute atomic E-state index is 0.255. The van der Waals surface area contributed by atoms with E-state index in [4.69, 9.17) is 20.3 Å². The van der Waals surface area contributed by atoms with E-state index in [2.05, 4.69) is 4.98 Å². The number of ether oxygens (including phenoxy) is 2. The summed E-state index contributed by atoms with van der Waals surface area (Å²) in [6, 6.07) is 2.72. The molecule has 0 spiro atoms. The van der Waals surface area contributed by atoms with Crippen molar-refractivity contribution in [2.75, 3.05) is 14.2 Å². The Morgan fingerprint density at radius 1 is 1.42 bits per heavy atom. The maximum absolute atomic E-state index is 10.8. The molecule has 6 nitrogen and oxygen atoms in total. The van der Waals surface area contributed by atoms with Gasteiger partial charge in [0.2, 0.25) is 0 Å². The Hall–Kier alpha value is -2.21. The SMILES string of the molecule is COc1ccc2c(C[C@H](N)C(=O)O)c[nH]c2c1OC. The third kappa shape index (κ3) is 2.34. The molecular weight excluding hydrogens is 248 g/mol. The smallest absolute Gasteiger partial charge is 0.320 e. The third-order valence-electron chi connectivity index (χ3n) is 3.04. The lowest BCUT2D eigenvalue weighted by molar-refractivity contribution is -0.138. The van der Waals surface area contributed by atoms with Gasteiger partial charge in [-0.1, -0.05) is 0 Å². The molecule has 0 radical (unpaired) electrons. The number of rotatable bonds is 5. The first kappa shape index (κ1) is 13.2. The number of H-pyrrole nitrogens is 1. The molecule has 0 amide bonds. The topological polar surface area (TPSA) is 97.6 Å². The largest absolute Gasteiger partial charge is 0.493 e. The number of benzene rings is 1. The number of nitrogens with two attached hydrogens (primary N) is 1. The van der Waals surface area contributed by atoms with Gasteiger partial charge in [-0.15, -0.1) is 0 Å². The number of hydrogen-bond donors (Lipinski definition) is 3. The Morgan fingerprint density at radius 3 is 2.74 bits per heavy atom. The van der Waals surface area contributed by atoms with E-state index in [0.717, 1.165) is 16.5 Å². The molecule has 0 saturated heterocycles. The van der Waals surface area contributed by atoms with Crippen molar-refractivity contribution in [2.45, 2.75) is 12.5 Å². The molecule has 0 aliphatic rings. The van der Waals surface area contributed by atoms with Gasteiger partial charge in [0.1, 0.15) is 6.04 Å². The molecule has 1 aromatic carbocycles. The molecular formula is C13H16N2O4. The van der Waals surface area contributed by atoms with Crippen molar-refractivity contribution < 1.29 is 19.4 Å². The minimum Gasteiger partial charge on any atom is -0.493 e. The number of aliphatic carboxylic acids is 1.